The van der Waals surface area contributed by atoms with Gasteiger partial charge in [0.25, 0.3) is 0 Å². The fourth-order valence-corrected chi connectivity index (χ4v) is 3.11. The molecule has 154 valence electrons. The van der Waals surface area contributed by atoms with Crippen molar-refractivity contribution in [3.05, 3.63) is 35.9 Å². The third-order valence-electron chi connectivity index (χ3n) is 4.59. The number of unbranched alkanes of at least 4 members (excludes halogenated alkanes) is 1. The van der Waals surface area contributed by atoms with E-state index in [0.717, 1.165) is 77.7 Å². The van der Waals surface area contributed by atoms with Crippen molar-refractivity contribution in [2.45, 2.75) is 32.6 Å². The lowest BCUT2D eigenvalue weighted by Crippen LogP contribution is -2.41. The highest BCUT2D eigenvalue weighted by atomic mass is 127. The highest BCUT2D eigenvalue weighted by Crippen LogP contribution is 2.13. The first kappa shape index (κ1) is 24.2. The molecule has 1 unspecified atom stereocenters. The van der Waals surface area contributed by atoms with Gasteiger partial charge in [-0.3, -0.25) is 4.99 Å². The molecule has 0 aliphatic carbocycles. The summed E-state index contributed by atoms with van der Waals surface area (Å²) in [7, 11) is 2.12. The Morgan fingerprint density at radius 3 is 2.78 bits per heavy atom. The normalized spacial score (nSPS) is 16.8. The molecule has 1 aromatic rings. The second-order valence-corrected chi connectivity index (χ2v) is 6.90. The van der Waals surface area contributed by atoms with E-state index >= 15 is 0 Å². The van der Waals surface area contributed by atoms with Crippen LogP contribution in [0.3, 0.4) is 0 Å². The maximum atomic E-state index is 5.74. The van der Waals surface area contributed by atoms with E-state index in [4.69, 9.17) is 14.5 Å². The molecule has 0 aromatic heterocycles. The molecular weight excluding hydrogens is 453 g/mol. The summed E-state index contributed by atoms with van der Waals surface area (Å²) in [5.74, 6) is 1.63. The zero-order valence-electron chi connectivity index (χ0n) is 16.9. The van der Waals surface area contributed by atoms with E-state index in [1.165, 1.54) is 5.56 Å². The molecule has 1 aromatic carbocycles. The third-order valence-corrected chi connectivity index (χ3v) is 4.59. The van der Waals surface area contributed by atoms with Gasteiger partial charge in [0, 0.05) is 45.8 Å². The number of benzene rings is 1. The summed E-state index contributed by atoms with van der Waals surface area (Å²) < 4.78 is 11.2. The summed E-state index contributed by atoms with van der Waals surface area (Å²) >= 11 is 0. The minimum absolute atomic E-state index is 0. The van der Waals surface area contributed by atoms with Gasteiger partial charge in [0.1, 0.15) is 0 Å². The van der Waals surface area contributed by atoms with Gasteiger partial charge in [0.15, 0.2) is 5.96 Å². The predicted octanol–water partition coefficient (Wildman–Crippen LogP) is 3.58. The maximum Gasteiger partial charge on any atom is 0.193 e. The number of guanidine groups is 1. The van der Waals surface area contributed by atoms with Crippen molar-refractivity contribution in [2.24, 2.45) is 10.9 Å². The van der Waals surface area contributed by atoms with Crippen molar-refractivity contribution in [3.63, 3.8) is 0 Å². The molecule has 0 spiro atoms. The second-order valence-electron chi connectivity index (χ2n) is 6.90. The van der Waals surface area contributed by atoms with E-state index in [1.54, 1.807) is 0 Å². The molecule has 27 heavy (non-hydrogen) atoms. The van der Waals surface area contributed by atoms with E-state index in [1.807, 2.05) is 6.07 Å². The fourth-order valence-electron chi connectivity index (χ4n) is 3.11. The minimum atomic E-state index is 0. The Labute approximate surface area is 181 Å². The van der Waals surface area contributed by atoms with Gasteiger partial charge < -0.3 is 19.7 Å². The quantitative estimate of drug-likeness (QED) is 0.224. The molecule has 0 bridgehead atoms. The SMILES string of the molecule is CCNC(=NCCCCOCCc1ccccc1)N(C)CC1CCOC1.I. The molecule has 1 saturated heterocycles. The van der Waals surface area contributed by atoms with Gasteiger partial charge in [-0.1, -0.05) is 30.3 Å². The van der Waals surface area contributed by atoms with Gasteiger partial charge in [-0.05, 0) is 38.2 Å². The molecule has 1 atom stereocenters. The molecular formula is C21H36IN3O2. The molecule has 1 aliphatic rings. The molecule has 1 fully saturated rings. The fraction of sp³-hybridized carbons (Fsp3) is 0.667. The lowest BCUT2D eigenvalue weighted by Gasteiger charge is -2.24. The number of ether oxygens (including phenoxy) is 2. The average Bonchev–Trinajstić information content (AvgIpc) is 3.16. The van der Waals surface area contributed by atoms with Crippen molar-refractivity contribution < 1.29 is 9.47 Å². The van der Waals surface area contributed by atoms with E-state index < -0.39 is 0 Å². The second kappa shape index (κ2) is 15.1. The van der Waals surface area contributed by atoms with Crippen LogP contribution in [0.1, 0.15) is 31.7 Å². The molecule has 1 aliphatic heterocycles. The lowest BCUT2D eigenvalue weighted by atomic mass is 10.1. The van der Waals surface area contributed by atoms with Crippen molar-refractivity contribution >= 4 is 29.9 Å². The minimum Gasteiger partial charge on any atom is -0.381 e. The van der Waals surface area contributed by atoms with Crippen LogP contribution in [0.15, 0.2) is 35.3 Å². The zero-order chi connectivity index (χ0) is 18.5. The van der Waals surface area contributed by atoms with E-state index in [2.05, 4.69) is 48.5 Å². The Morgan fingerprint density at radius 1 is 1.26 bits per heavy atom. The summed E-state index contributed by atoms with van der Waals surface area (Å²) in [6.07, 6.45) is 4.25. The molecule has 6 heteroatoms. The Bertz CT molecular complexity index is 507. The topological polar surface area (TPSA) is 46.1 Å². The van der Waals surface area contributed by atoms with Crippen molar-refractivity contribution in [1.29, 1.82) is 0 Å². The molecule has 1 heterocycles. The van der Waals surface area contributed by atoms with Gasteiger partial charge in [-0.2, -0.15) is 0 Å². The van der Waals surface area contributed by atoms with E-state index in [0.29, 0.717) is 5.92 Å². The number of hydrogen-bond acceptors (Lipinski definition) is 3. The van der Waals surface area contributed by atoms with Crippen LogP contribution in [0, 0.1) is 5.92 Å². The molecule has 1 N–H and O–H groups in total. The van der Waals surface area contributed by atoms with Crippen LogP contribution in [0.5, 0.6) is 0 Å². The Hall–Kier alpha value is -0.860. The molecule has 2 rings (SSSR count). The first-order valence-corrected chi connectivity index (χ1v) is 9.98. The molecule has 0 radical (unpaired) electrons. The largest absolute Gasteiger partial charge is 0.381 e. The highest BCUT2D eigenvalue weighted by Gasteiger charge is 2.18. The van der Waals surface area contributed by atoms with Crippen LogP contribution < -0.4 is 5.32 Å². The predicted molar refractivity (Wildman–Crippen MR) is 123 cm³/mol. The summed E-state index contributed by atoms with van der Waals surface area (Å²) in [6, 6.07) is 10.5. The van der Waals surface area contributed by atoms with Crippen molar-refractivity contribution in [3.8, 4) is 0 Å². The van der Waals surface area contributed by atoms with Gasteiger partial charge in [-0.15, -0.1) is 24.0 Å². The third kappa shape index (κ3) is 10.3. The van der Waals surface area contributed by atoms with Gasteiger partial charge >= 0.3 is 0 Å². The van der Waals surface area contributed by atoms with Crippen LogP contribution in [-0.2, 0) is 15.9 Å². The first-order chi connectivity index (χ1) is 12.8. The number of hydrogen-bond donors (Lipinski definition) is 1. The Kier molecular flexibility index (Phi) is 13.5. The maximum absolute atomic E-state index is 5.74. The number of nitrogens with zero attached hydrogens (tertiary/aromatic N) is 2. The zero-order valence-corrected chi connectivity index (χ0v) is 19.2. The van der Waals surface area contributed by atoms with Crippen molar-refractivity contribution in [1.82, 2.24) is 10.2 Å². The smallest absolute Gasteiger partial charge is 0.193 e. The average molecular weight is 489 g/mol. The highest BCUT2D eigenvalue weighted by molar-refractivity contribution is 14.0. The van der Waals surface area contributed by atoms with E-state index in [9.17, 15) is 0 Å². The Morgan fingerprint density at radius 2 is 2.07 bits per heavy atom. The summed E-state index contributed by atoms with van der Waals surface area (Å²) in [5.41, 5.74) is 1.34. The van der Waals surface area contributed by atoms with Gasteiger partial charge in [0.2, 0.25) is 0 Å². The first-order valence-electron chi connectivity index (χ1n) is 9.98. The number of rotatable bonds is 11. The summed E-state index contributed by atoms with van der Waals surface area (Å²) in [4.78, 5) is 6.99. The number of aliphatic imine (C=N–C) groups is 1. The standard InChI is InChI=1S/C21H35N3O2.HI/c1-3-22-21(24(2)17-20-12-16-26-18-20)23-13-7-8-14-25-15-11-19-9-5-4-6-10-19;/h4-6,9-10,20H,3,7-8,11-18H2,1-2H3,(H,22,23);1H. The van der Waals surface area contributed by atoms with Gasteiger partial charge in [0.05, 0.1) is 13.2 Å². The van der Waals surface area contributed by atoms with Crippen LogP contribution >= 0.6 is 24.0 Å². The van der Waals surface area contributed by atoms with Crippen molar-refractivity contribution in [2.75, 3.05) is 53.1 Å². The molecule has 5 nitrogen and oxygen atoms in total. The van der Waals surface area contributed by atoms with Crippen LogP contribution in [0.4, 0.5) is 0 Å². The number of halogens is 1. The molecule has 0 amide bonds. The van der Waals surface area contributed by atoms with Crippen LogP contribution in [0.2, 0.25) is 0 Å². The monoisotopic (exact) mass is 489 g/mol. The summed E-state index contributed by atoms with van der Waals surface area (Å²) in [5, 5.41) is 3.39. The van der Waals surface area contributed by atoms with Gasteiger partial charge in [-0.25, -0.2) is 0 Å². The van der Waals surface area contributed by atoms with Crippen LogP contribution in [0.25, 0.3) is 0 Å². The molecule has 0 saturated carbocycles. The van der Waals surface area contributed by atoms with Crippen LogP contribution in [-0.4, -0.2) is 64.0 Å². The summed E-state index contributed by atoms with van der Waals surface area (Å²) in [6.45, 7) is 8.25. The Balaban J connectivity index is 0.00000364. The van der Waals surface area contributed by atoms with E-state index in [-0.39, 0.29) is 24.0 Å². The lowest BCUT2D eigenvalue weighted by molar-refractivity contribution is 0.134. The number of nitrogens with one attached hydrogen (secondary N) is 1.